The van der Waals surface area contributed by atoms with Gasteiger partial charge >= 0.3 is 6.61 Å². The fraction of sp³-hybridized carbons (Fsp3) is 0.533. The first-order valence-electron chi connectivity index (χ1n) is 6.92. The molecule has 0 fully saturated rings. The second-order valence-corrected chi connectivity index (χ2v) is 4.58. The van der Waals surface area contributed by atoms with Crippen molar-refractivity contribution in [3.63, 3.8) is 0 Å². The Morgan fingerprint density at radius 3 is 2.55 bits per heavy atom. The minimum Gasteiger partial charge on any atom is -0.435 e. The number of alkyl halides is 2. The van der Waals surface area contributed by atoms with Gasteiger partial charge in [-0.3, -0.25) is 4.79 Å². The summed E-state index contributed by atoms with van der Waals surface area (Å²) in [5.41, 5.74) is 0.926. The SMILES string of the molecule is CCCCCNC(=O)CCc1ccc(OC(F)F)cc1. The minimum atomic E-state index is -2.81. The van der Waals surface area contributed by atoms with E-state index < -0.39 is 6.61 Å². The lowest BCUT2D eigenvalue weighted by Crippen LogP contribution is -2.24. The van der Waals surface area contributed by atoms with Crippen LogP contribution in [0, 0.1) is 0 Å². The highest BCUT2D eigenvalue weighted by molar-refractivity contribution is 5.76. The normalized spacial score (nSPS) is 10.6. The van der Waals surface area contributed by atoms with Crippen molar-refractivity contribution in [2.45, 2.75) is 45.6 Å². The Morgan fingerprint density at radius 1 is 1.25 bits per heavy atom. The molecule has 0 aliphatic carbocycles. The zero-order chi connectivity index (χ0) is 14.8. The number of amides is 1. The second-order valence-electron chi connectivity index (χ2n) is 4.58. The molecule has 0 bridgehead atoms. The van der Waals surface area contributed by atoms with Gasteiger partial charge in [0.2, 0.25) is 5.91 Å². The van der Waals surface area contributed by atoms with Crippen molar-refractivity contribution >= 4 is 5.91 Å². The smallest absolute Gasteiger partial charge is 0.387 e. The lowest BCUT2D eigenvalue weighted by molar-refractivity contribution is -0.121. The number of rotatable bonds is 9. The van der Waals surface area contributed by atoms with Gasteiger partial charge in [0.1, 0.15) is 5.75 Å². The van der Waals surface area contributed by atoms with Crippen molar-refractivity contribution in [2.75, 3.05) is 6.54 Å². The topological polar surface area (TPSA) is 38.3 Å². The molecule has 20 heavy (non-hydrogen) atoms. The number of unbranched alkanes of at least 4 members (excludes halogenated alkanes) is 2. The maximum atomic E-state index is 12.0. The summed E-state index contributed by atoms with van der Waals surface area (Å²) in [6.07, 6.45) is 4.24. The second kappa shape index (κ2) is 9.28. The number of hydrogen-bond acceptors (Lipinski definition) is 2. The number of nitrogens with one attached hydrogen (secondary N) is 1. The van der Waals surface area contributed by atoms with Gasteiger partial charge in [-0.05, 0) is 30.5 Å². The molecule has 0 saturated carbocycles. The minimum absolute atomic E-state index is 0.0222. The molecule has 0 spiro atoms. The van der Waals surface area contributed by atoms with Gasteiger partial charge < -0.3 is 10.1 Å². The van der Waals surface area contributed by atoms with Crippen LogP contribution in [0.4, 0.5) is 8.78 Å². The number of halogens is 2. The Bertz CT molecular complexity index is 393. The molecule has 0 aromatic heterocycles. The summed E-state index contributed by atoms with van der Waals surface area (Å²) in [5.74, 6) is 0.154. The van der Waals surface area contributed by atoms with E-state index in [9.17, 15) is 13.6 Å². The van der Waals surface area contributed by atoms with Crippen LogP contribution in [-0.2, 0) is 11.2 Å². The third-order valence-electron chi connectivity index (χ3n) is 2.89. The lowest BCUT2D eigenvalue weighted by atomic mass is 10.1. The molecular weight excluding hydrogens is 264 g/mol. The molecule has 0 unspecified atom stereocenters. The van der Waals surface area contributed by atoms with Crippen LogP contribution in [0.2, 0.25) is 0 Å². The first-order valence-corrected chi connectivity index (χ1v) is 6.92. The lowest BCUT2D eigenvalue weighted by Gasteiger charge is -2.06. The molecule has 0 aliphatic rings. The van der Waals surface area contributed by atoms with E-state index in [4.69, 9.17) is 0 Å². The van der Waals surface area contributed by atoms with Crippen molar-refractivity contribution in [2.24, 2.45) is 0 Å². The monoisotopic (exact) mass is 285 g/mol. The number of ether oxygens (including phenoxy) is 1. The number of carbonyl (C=O) groups is 1. The van der Waals surface area contributed by atoms with E-state index in [1.54, 1.807) is 12.1 Å². The molecule has 1 aromatic rings. The highest BCUT2D eigenvalue weighted by Gasteiger charge is 2.05. The van der Waals surface area contributed by atoms with Crippen LogP contribution in [0.15, 0.2) is 24.3 Å². The Labute approximate surface area is 118 Å². The summed E-state index contributed by atoms with van der Waals surface area (Å²) >= 11 is 0. The molecule has 3 nitrogen and oxygen atoms in total. The number of carbonyl (C=O) groups excluding carboxylic acids is 1. The first kappa shape index (κ1) is 16.4. The van der Waals surface area contributed by atoms with Gasteiger partial charge in [0.05, 0.1) is 0 Å². The highest BCUT2D eigenvalue weighted by Crippen LogP contribution is 2.15. The first-order chi connectivity index (χ1) is 9.61. The largest absolute Gasteiger partial charge is 0.435 e. The fourth-order valence-corrected chi connectivity index (χ4v) is 1.79. The Morgan fingerprint density at radius 2 is 1.95 bits per heavy atom. The molecule has 5 heteroatoms. The van der Waals surface area contributed by atoms with E-state index in [0.29, 0.717) is 19.4 Å². The molecule has 0 aliphatic heterocycles. The summed E-state index contributed by atoms with van der Waals surface area (Å²) in [4.78, 5) is 11.6. The third-order valence-corrected chi connectivity index (χ3v) is 2.89. The fourth-order valence-electron chi connectivity index (χ4n) is 1.79. The van der Waals surface area contributed by atoms with E-state index >= 15 is 0 Å². The maximum Gasteiger partial charge on any atom is 0.387 e. The predicted octanol–water partition coefficient (Wildman–Crippen LogP) is 3.53. The van der Waals surface area contributed by atoms with Gasteiger partial charge in [0.15, 0.2) is 0 Å². The molecule has 112 valence electrons. The number of aryl methyl sites for hydroxylation is 1. The molecule has 0 heterocycles. The van der Waals surface area contributed by atoms with Crippen molar-refractivity contribution in [1.29, 1.82) is 0 Å². The van der Waals surface area contributed by atoms with Crippen LogP contribution in [-0.4, -0.2) is 19.1 Å². The van der Waals surface area contributed by atoms with Crippen molar-refractivity contribution in [3.05, 3.63) is 29.8 Å². The molecule has 0 radical (unpaired) electrons. The Balaban J connectivity index is 2.25. The molecule has 1 aromatic carbocycles. The van der Waals surface area contributed by atoms with E-state index in [1.807, 2.05) is 0 Å². The molecule has 1 N–H and O–H groups in total. The number of benzene rings is 1. The third kappa shape index (κ3) is 7.07. The summed E-state index contributed by atoms with van der Waals surface area (Å²) in [6.45, 7) is 0.0200. The van der Waals surface area contributed by atoms with Crippen LogP contribution >= 0.6 is 0 Å². The zero-order valence-corrected chi connectivity index (χ0v) is 11.7. The summed E-state index contributed by atoms with van der Waals surface area (Å²) < 4.78 is 28.2. The Kier molecular flexibility index (Phi) is 7.62. The predicted molar refractivity (Wildman–Crippen MR) is 73.9 cm³/mol. The van der Waals surface area contributed by atoms with Crippen molar-refractivity contribution < 1.29 is 18.3 Å². The zero-order valence-electron chi connectivity index (χ0n) is 11.7. The summed E-state index contributed by atoms with van der Waals surface area (Å²) in [6, 6.07) is 6.37. The van der Waals surface area contributed by atoms with Gasteiger partial charge in [-0.1, -0.05) is 31.9 Å². The quantitative estimate of drug-likeness (QED) is 0.705. The van der Waals surface area contributed by atoms with Crippen molar-refractivity contribution in [1.82, 2.24) is 5.32 Å². The molecular formula is C15H21F2NO2. The van der Waals surface area contributed by atoms with Gasteiger partial charge in [0, 0.05) is 13.0 Å². The standard InChI is InChI=1S/C15H21F2NO2/c1-2-3-4-11-18-14(19)10-7-12-5-8-13(9-6-12)20-15(16)17/h5-6,8-9,15H,2-4,7,10-11H2,1H3,(H,18,19). The average Bonchev–Trinajstić information content (AvgIpc) is 2.42. The van der Waals surface area contributed by atoms with E-state index in [-0.39, 0.29) is 11.7 Å². The molecule has 1 amide bonds. The molecule has 0 saturated heterocycles. The van der Waals surface area contributed by atoms with Gasteiger partial charge in [-0.2, -0.15) is 8.78 Å². The van der Waals surface area contributed by atoms with E-state index in [1.165, 1.54) is 12.1 Å². The summed E-state index contributed by atoms with van der Waals surface area (Å²) in [7, 11) is 0. The number of hydrogen-bond donors (Lipinski definition) is 1. The van der Waals surface area contributed by atoms with Crippen LogP contribution in [0.25, 0.3) is 0 Å². The Hall–Kier alpha value is -1.65. The van der Waals surface area contributed by atoms with E-state index in [2.05, 4.69) is 17.0 Å². The van der Waals surface area contributed by atoms with Crippen LogP contribution < -0.4 is 10.1 Å². The molecule has 1 rings (SSSR count). The van der Waals surface area contributed by atoms with Crippen molar-refractivity contribution in [3.8, 4) is 5.75 Å². The van der Waals surface area contributed by atoms with Gasteiger partial charge in [-0.15, -0.1) is 0 Å². The van der Waals surface area contributed by atoms with Gasteiger partial charge in [-0.25, -0.2) is 0 Å². The average molecular weight is 285 g/mol. The van der Waals surface area contributed by atoms with Crippen LogP contribution in [0.3, 0.4) is 0 Å². The van der Waals surface area contributed by atoms with Crippen LogP contribution in [0.5, 0.6) is 5.75 Å². The maximum absolute atomic E-state index is 12.0. The van der Waals surface area contributed by atoms with Gasteiger partial charge in [0.25, 0.3) is 0 Å². The molecule has 0 atom stereocenters. The highest BCUT2D eigenvalue weighted by atomic mass is 19.3. The van der Waals surface area contributed by atoms with E-state index in [0.717, 1.165) is 24.8 Å². The van der Waals surface area contributed by atoms with Crippen LogP contribution in [0.1, 0.15) is 38.2 Å². The summed E-state index contributed by atoms with van der Waals surface area (Å²) in [5, 5.41) is 2.86.